The zero-order valence-corrected chi connectivity index (χ0v) is 12.3. The summed E-state index contributed by atoms with van der Waals surface area (Å²) in [6, 6.07) is 3.75. The van der Waals surface area contributed by atoms with Crippen LogP contribution < -0.4 is 9.47 Å². The number of halogens is 1. The number of carbonyl (C=O) groups excluding carboxylic acids is 1. The Balaban J connectivity index is 1.88. The Morgan fingerprint density at radius 3 is 3.05 bits per heavy atom. The first-order valence-corrected chi connectivity index (χ1v) is 7.48. The molecule has 0 spiro atoms. The van der Waals surface area contributed by atoms with Gasteiger partial charge in [0.15, 0.2) is 11.5 Å². The van der Waals surface area contributed by atoms with Crippen LogP contribution in [0.5, 0.6) is 11.5 Å². The third kappa shape index (κ3) is 2.33. The van der Waals surface area contributed by atoms with Crippen molar-refractivity contribution in [2.45, 2.75) is 38.6 Å². The van der Waals surface area contributed by atoms with Gasteiger partial charge in [-0.2, -0.15) is 0 Å². The molecule has 0 N–H and O–H groups in total. The molecule has 1 aromatic carbocycles. The van der Waals surface area contributed by atoms with Gasteiger partial charge in [0.25, 0.3) is 5.91 Å². The largest absolute Gasteiger partial charge is 0.454 e. The first kappa shape index (κ1) is 13.6. The summed E-state index contributed by atoms with van der Waals surface area (Å²) in [6.45, 7) is 3.11. The number of hydrogen-bond acceptors (Lipinski definition) is 3. The lowest BCUT2D eigenvalue weighted by Gasteiger charge is -2.35. The number of fused-ring (bicyclic) bond motifs is 1. The van der Waals surface area contributed by atoms with Crippen molar-refractivity contribution in [2.24, 2.45) is 0 Å². The predicted octanol–water partition coefficient (Wildman–Crippen LogP) is 3.47. The summed E-state index contributed by atoms with van der Waals surface area (Å²) in [4.78, 5) is 14.7. The third-order valence-corrected chi connectivity index (χ3v) is 4.31. The molecule has 1 saturated heterocycles. The van der Waals surface area contributed by atoms with Crippen molar-refractivity contribution in [1.29, 1.82) is 0 Å². The molecule has 2 aliphatic heterocycles. The maximum absolute atomic E-state index is 12.7. The van der Waals surface area contributed by atoms with Gasteiger partial charge in [0.2, 0.25) is 6.79 Å². The molecule has 1 atom stereocenters. The van der Waals surface area contributed by atoms with Crippen molar-refractivity contribution in [3.63, 3.8) is 0 Å². The molecule has 1 amide bonds. The first-order valence-electron chi connectivity index (χ1n) is 7.11. The van der Waals surface area contributed by atoms with Gasteiger partial charge in [-0.3, -0.25) is 4.79 Å². The van der Waals surface area contributed by atoms with Crippen LogP contribution in [0.1, 0.15) is 43.0 Å². The lowest BCUT2D eigenvalue weighted by atomic mass is 9.99. The number of piperidine rings is 1. The fraction of sp³-hybridized carbons (Fsp3) is 0.533. The highest BCUT2D eigenvalue weighted by molar-refractivity contribution is 6.32. The molecule has 0 aliphatic carbocycles. The summed E-state index contributed by atoms with van der Waals surface area (Å²) in [7, 11) is 0. The Labute approximate surface area is 123 Å². The van der Waals surface area contributed by atoms with Gasteiger partial charge in [0.1, 0.15) is 0 Å². The molecular weight excluding hydrogens is 278 g/mol. The third-order valence-electron chi connectivity index (χ3n) is 4.03. The van der Waals surface area contributed by atoms with Crippen LogP contribution in [0.3, 0.4) is 0 Å². The quantitative estimate of drug-likeness (QED) is 0.838. The van der Waals surface area contributed by atoms with Gasteiger partial charge in [-0.1, -0.05) is 18.5 Å². The molecule has 2 heterocycles. The Kier molecular flexibility index (Phi) is 3.74. The number of hydrogen-bond donors (Lipinski definition) is 0. The smallest absolute Gasteiger partial charge is 0.254 e. The number of amides is 1. The van der Waals surface area contributed by atoms with Gasteiger partial charge < -0.3 is 14.4 Å². The number of benzene rings is 1. The summed E-state index contributed by atoms with van der Waals surface area (Å²) in [5.74, 6) is 1.14. The molecule has 0 bridgehead atoms. The summed E-state index contributed by atoms with van der Waals surface area (Å²) in [5.41, 5.74) is 0.583. The minimum atomic E-state index is 0.0387. The normalized spacial score (nSPS) is 21.1. The van der Waals surface area contributed by atoms with E-state index in [0.717, 1.165) is 25.8 Å². The van der Waals surface area contributed by atoms with E-state index in [0.29, 0.717) is 28.1 Å². The van der Waals surface area contributed by atoms with Crippen molar-refractivity contribution in [3.8, 4) is 11.5 Å². The second kappa shape index (κ2) is 5.52. The van der Waals surface area contributed by atoms with E-state index in [9.17, 15) is 4.79 Å². The van der Waals surface area contributed by atoms with Crippen LogP contribution in [0.4, 0.5) is 0 Å². The molecule has 1 aromatic rings. The lowest BCUT2D eigenvalue weighted by Crippen LogP contribution is -2.43. The molecule has 5 heteroatoms. The molecule has 4 nitrogen and oxygen atoms in total. The highest BCUT2D eigenvalue weighted by atomic mass is 35.5. The van der Waals surface area contributed by atoms with Gasteiger partial charge in [0, 0.05) is 18.2 Å². The molecule has 2 aliphatic rings. The van der Waals surface area contributed by atoms with Crippen LogP contribution in [0.2, 0.25) is 5.02 Å². The Morgan fingerprint density at radius 2 is 2.25 bits per heavy atom. The Bertz CT molecular complexity index is 532. The van der Waals surface area contributed by atoms with E-state index in [1.165, 1.54) is 6.42 Å². The van der Waals surface area contributed by atoms with Gasteiger partial charge in [0.05, 0.1) is 5.02 Å². The summed E-state index contributed by atoms with van der Waals surface area (Å²) >= 11 is 6.15. The van der Waals surface area contributed by atoms with Crippen molar-refractivity contribution in [3.05, 3.63) is 22.7 Å². The fourth-order valence-corrected chi connectivity index (χ4v) is 3.21. The lowest BCUT2D eigenvalue weighted by molar-refractivity contribution is 0.0607. The molecule has 20 heavy (non-hydrogen) atoms. The van der Waals surface area contributed by atoms with E-state index in [1.807, 2.05) is 4.90 Å². The zero-order valence-electron chi connectivity index (χ0n) is 11.5. The summed E-state index contributed by atoms with van der Waals surface area (Å²) < 4.78 is 10.6. The molecule has 0 radical (unpaired) electrons. The molecular formula is C15H18ClNO3. The Hall–Kier alpha value is -1.42. The highest BCUT2D eigenvalue weighted by Crippen LogP contribution is 2.40. The minimum absolute atomic E-state index is 0.0387. The average Bonchev–Trinajstić information content (AvgIpc) is 2.95. The molecule has 1 fully saturated rings. The molecule has 0 saturated carbocycles. The van der Waals surface area contributed by atoms with Crippen molar-refractivity contribution in [2.75, 3.05) is 13.3 Å². The SMILES string of the molecule is CCC1CCCCN1C(=O)c1cc(Cl)c2c(c1)OCO2. The number of nitrogens with zero attached hydrogens (tertiary/aromatic N) is 1. The molecule has 108 valence electrons. The van der Waals surface area contributed by atoms with E-state index in [4.69, 9.17) is 21.1 Å². The molecule has 3 rings (SSSR count). The van der Waals surface area contributed by atoms with Crippen LogP contribution in [0, 0.1) is 0 Å². The maximum Gasteiger partial charge on any atom is 0.254 e. The van der Waals surface area contributed by atoms with Crippen LogP contribution >= 0.6 is 11.6 Å². The monoisotopic (exact) mass is 295 g/mol. The van der Waals surface area contributed by atoms with Crippen LogP contribution in [0.15, 0.2) is 12.1 Å². The zero-order chi connectivity index (χ0) is 14.1. The number of ether oxygens (including phenoxy) is 2. The number of likely N-dealkylation sites (tertiary alicyclic amines) is 1. The fourth-order valence-electron chi connectivity index (χ4n) is 2.95. The van der Waals surface area contributed by atoms with E-state index >= 15 is 0 Å². The average molecular weight is 296 g/mol. The topological polar surface area (TPSA) is 38.8 Å². The van der Waals surface area contributed by atoms with E-state index in [1.54, 1.807) is 12.1 Å². The molecule has 1 unspecified atom stereocenters. The van der Waals surface area contributed by atoms with Crippen molar-refractivity contribution >= 4 is 17.5 Å². The van der Waals surface area contributed by atoms with E-state index < -0.39 is 0 Å². The van der Waals surface area contributed by atoms with Crippen LogP contribution in [-0.4, -0.2) is 30.2 Å². The maximum atomic E-state index is 12.7. The predicted molar refractivity (Wildman–Crippen MR) is 76.5 cm³/mol. The van der Waals surface area contributed by atoms with Gasteiger partial charge in [-0.25, -0.2) is 0 Å². The van der Waals surface area contributed by atoms with E-state index in [-0.39, 0.29) is 12.7 Å². The van der Waals surface area contributed by atoms with Crippen LogP contribution in [-0.2, 0) is 0 Å². The highest BCUT2D eigenvalue weighted by Gasteiger charge is 2.28. The second-order valence-corrected chi connectivity index (χ2v) is 5.66. The number of carbonyl (C=O) groups is 1. The summed E-state index contributed by atoms with van der Waals surface area (Å²) in [5, 5.41) is 0.438. The van der Waals surface area contributed by atoms with E-state index in [2.05, 4.69) is 6.92 Å². The minimum Gasteiger partial charge on any atom is -0.454 e. The first-order chi connectivity index (χ1) is 9.70. The van der Waals surface area contributed by atoms with Gasteiger partial charge in [-0.05, 0) is 37.8 Å². The summed E-state index contributed by atoms with van der Waals surface area (Å²) in [6.07, 6.45) is 4.34. The number of rotatable bonds is 2. The Morgan fingerprint density at radius 1 is 1.40 bits per heavy atom. The standard InChI is InChI=1S/C15H18ClNO3/c1-2-11-5-3-4-6-17(11)15(18)10-7-12(16)14-13(8-10)19-9-20-14/h7-8,11H,2-6,9H2,1H3. The van der Waals surface area contributed by atoms with Crippen molar-refractivity contribution < 1.29 is 14.3 Å². The van der Waals surface area contributed by atoms with Gasteiger partial charge in [-0.15, -0.1) is 0 Å². The van der Waals surface area contributed by atoms with Crippen LogP contribution in [0.25, 0.3) is 0 Å². The molecule has 0 aromatic heterocycles. The second-order valence-electron chi connectivity index (χ2n) is 5.25. The van der Waals surface area contributed by atoms with Gasteiger partial charge >= 0.3 is 0 Å². The van der Waals surface area contributed by atoms with Crippen molar-refractivity contribution in [1.82, 2.24) is 4.90 Å².